The second kappa shape index (κ2) is 15.0. The molecule has 0 rings (SSSR count). The smallest absolute Gasteiger partial charge is 0.306 e. The maximum Gasteiger partial charge on any atom is 0.306 e. The van der Waals surface area contributed by atoms with Crippen LogP contribution in [0.2, 0.25) is 0 Å². The Morgan fingerprint density at radius 2 is 1.68 bits per heavy atom. The van der Waals surface area contributed by atoms with Crippen LogP contribution in [0.1, 0.15) is 71.6 Å². The third kappa shape index (κ3) is 14.9. The standard InChI is InChI=1S/C17H30O2/c1-3-5-7-9-10-11-12-13-15-17(18)19-16-14-8-6-4-2/h3,5,8,14H,4,6-7,9-13,15-16H2,1-2H3/b5-3+,14-8+. The van der Waals surface area contributed by atoms with Gasteiger partial charge in [-0.1, -0.05) is 56.9 Å². The third-order valence-electron chi connectivity index (χ3n) is 2.95. The van der Waals surface area contributed by atoms with Gasteiger partial charge in [0.05, 0.1) is 0 Å². The monoisotopic (exact) mass is 266 g/mol. The van der Waals surface area contributed by atoms with Crippen LogP contribution in [0.15, 0.2) is 24.3 Å². The van der Waals surface area contributed by atoms with Crippen LogP contribution in [0.25, 0.3) is 0 Å². The summed E-state index contributed by atoms with van der Waals surface area (Å²) in [6, 6.07) is 0. The van der Waals surface area contributed by atoms with E-state index in [9.17, 15) is 4.79 Å². The van der Waals surface area contributed by atoms with Crippen molar-refractivity contribution in [3.8, 4) is 0 Å². The minimum Gasteiger partial charge on any atom is -0.461 e. The lowest BCUT2D eigenvalue weighted by molar-refractivity contribution is -0.142. The first-order valence-electron chi connectivity index (χ1n) is 7.73. The first-order valence-corrected chi connectivity index (χ1v) is 7.73. The van der Waals surface area contributed by atoms with E-state index in [1.54, 1.807) is 0 Å². The van der Waals surface area contributed by atoms with Gasteiger partial charge in [-0.05, 0) is 32.6 Å². The topological polar surface area (TPSA) is 26.3 Å². The highest BCUT2D eigenvalue weighted by Gasteiger charge is 2.00. The third-order valence-corrected chi connectivity index (χ3v) is 2.95. The number of esters is 1. The molecule has 19 heavy (non-hydrogen) atoms. The van der Waals surface area contributed by atoms with Gasteiger partial charge in [0.1, 0.15) is 6.61 Å². The van der Waals surface area contributed by atoms with Gasteiger partial charge < -0.3 is 4.74 Å². The van der Waals surface area contributed by atoms with E-state index in [0.29, 0.717) is 13.0 Å². The molecule has 0 aliphatic carbocycles. The number of rotatable bonds is 12. The number of hydrogen-bond acceptors (Lipinski definition) is 2. The van der Waals surface area contributed by atoms with Crippen molar-refractivity contribution in [2.45, 2.75) is 71.6 Å². The van der Waals surface area contributed by atoms with Crippen molar-refractivity contribution in [1.82, 2.24) is 0 Å². The summed E-state index contributed by atoms with van der Waals surface area (Å²) in [5.74, 6) is -0.0601. The molecule has 0 amide bonds. The van der Waals surface area contributed by atoms with Crippen LogP contribution in [0.4, 0.5) is 0 Å². The Labute approximate surface area is 118 Å². The number of carbonyl (C=O) groups excluding carboxylic acids is 1. The maximum absolute atomic E-state index is 11.4. The van der Waals surface area contributed by atoms with Gasteiger partial charge in [-0.2, -0.15) is 0 Å². The molecule has 2 nitrogen and oxygen atoms in total. The average molecular weight is 266 g/mol. The molecule has 0 heterocycles. The molecule has 0 fully saturated rings. The van der Waals surface area contributed by atoms with E-state index in [1.807, 2.05) is 6.08 Å². The highest BCUT2D eigenvalue weighted by Crippen LogP contribution is 2.08. The Hall–Kier alpha value is -1.05. The first-order chi connectivity index (χ1) is 9.31. The second-order valence-electron chi connectivity index (χ2n) is 4.82. The highest BCUT2D eigenvalue weighted by molar-refractivity contribution is 5.69. The molecule has 0 aromatic rings. The fraction of sp³-hybridized carbons (Fsp3) is 0.706. The predicted molar refractivity (Wildman–Crippen MR) is 82.1 cm³/mol. The van der Waals surface area contributed by atoms with Crippen LogP contribution >= 0.6 is 0 Å². The van der Waals surface area contributed by atoms with E-state index in [0.717, 1.165) is 25.7 Å². The van der Waals surface area contributed by atoms with Gasteiger partial charge in [0, 0.05) is 6.42 Å². The molecular weight excluding hydrogens is 236 g/mol. The van der Waals surface area contributed by atoms with Gasteiger partial charge >= 0.3 is 5.97 Å². The normalized spacial score (nSPS) is 11.5. The van der Waals surface area contributed by atoms with E-state index in [4.69, 9.17) is 4.74 Å². The van der Waals surface area contributed by atoms with Gasteiger partial charge in [0.2, 0.25) is 0 Å². The minimum absolute atomic E-state index is 0.0601. The van der Waals surface area contributed by atoms with Crippen molar-refractivity contribution in [2.75, 3.05) is 6.61 Å². The van der Waals surface area contributed by atoms with Crippen molar-refractivity contribution in [3.05, 3.63) is 24.3 Å². The van der Waals surface area contributed by atoms with Crippen LogP contribution in [-0.2, 0) is 9.53 Å². The first kappa shape index (κ1) is 17.9. The molecule has 2 heteroatoms. The number of ether oxygens (including phenoxy) is 1. The fourth-order valence-electron chi connectivity index (χ4n) is 1.79. The summed E-state index contributed by atoms with van der Waals surface area (Å²) in [5.41, 5.74) is 0. The molecule has 0 saturated carbocycles. The molecule has 0 radical (unpaired) electrons. The Balaban J connectivity index is 3.24. The van der Waals surface area contributed by atoms with E-state index in [2.05, 4.69) is 32.1 Å². The van der Waals surface area contributed by atoms with Crippen molar-refractivity contribution >= 4 is 5.97 Å². The molecule has 0 aliphatic heterocycles. The van der Waals surface area contributed by atoms with Crippen molar-refractivity contribution < 1.29 is 9.53 Å². The lowest BCUT2D eigenvalue weighted by Gasteiger charge is -2.02. The molecule has 0 aromatic carbocycles. The summed E-state index contributed by atoms with van der Waals surface area (Å²) < 4.78 is 5.11. The molecule has 0 bridgehead atoms. The summed E-state index contributed by atoms with van der Waals surface area (Å²) in [6.07, 6.45) is 18.1. The Morgan fingerprint density at radius 3 is 2.42 bits per heavy atom. The maximum atomic E-state index is 11.4. The predicted octanol–water partition coefficient (Wildman–Crippen LogP) is 5.19. The van der Waals surface area contributed by atoms with Crippen LogP contribution in [0.3, 0.4) is 0 Å². The second-order valence-corrected chi connectivity index (χ2v) is 4.82. The zero-order chi connectivity index (χ0) is 14.2. The average Bonchev–Trinajstić information content (AvgIpc) is 2.41. The lowest BCUT2D eigenvalue weighted by Crippen LogP contribution is -2.03. The van der Waals surface area contributed by atoms with E-state index < -0.39 is 0 Å². The van der Waals surface area contributed by atoms with Gasteiger partial charge in [0.15, 0.2) is 0 Å². The van der Waals surface area contributed by atoms with Crippen molar-refractivity contribution in [1.29, 1.82) is 0 Å². The molecule has 0 spiro atoms. The van der Waals surface area contributed by atoms with Crippen LogP contribution < -0.4 is 0 Å². The highest BCUT2D eigenvalue weighted by atomic mass is 16.5. The molecule has 110 valence electrons. The number of carbonyl (C=O) groups is 1. The number of unbranched alkanes of at least 4 members (excludes halogenated alkanes) is 6. The van der Waals surface area contributed by atoms with Crippen molar-refractivity contribution in [2.24, 2.45) is 0 Å². The molecule has 0 aromatic heterocycles. The van der Waals surface area contributed by atoms with E-state index in [-0.39, 0.29) is 5.97 Å². The quantitative estimate of drug-likeness (QED) is 0.276. The van der Waals surface area contributed by atoms with Crippen LogP contribution in [0.5, 0.6) is 0 Å². The van der Waals surface area contributed by atoms with Crippen molar-refractivity contribution in [3.63, 3.8) is 0 Å². The SMILES string of the molecule is C/C=C/CCCCCCCC(=O)OC/C=C/CCC. The molecule has 0 saturated heterocycles. The van der Waals surface area contributed by atoms with E-state index >= 15 is 0 Å². The molecule has 0 atom stereocenters. The number of hydrogen-bond donors (Lipinski definition) is 0. The molecule has 0 unspecified atom stereocenters. The largest absolute Gasteiger partial charge is 0.461 e. The summed E-state index contributed by atoms with van der Waals surface area (Å²) >= 11 is 0. The Kier molecular flexibility index (Phi) is 14.2. The lowest BCUT2D eigenvalue weighted by atomic mass is 10.1. The van der Waals surface area contributed by atoms with Crippen LogP contribution in [-0.4, -0.2) is 12.6 Å². The summed E-state index contributed by atoms with van der Waals surface area (Å²) in [7, 11) is 0. The van der Waals surface area contributed by atoms with Gasteiger partial charge in [-0.25, -0.2) is 0 Å². The molecule has 0 aliphatic rings. The van der Waals surface area contributed by atoms with E-state index in [1.165, 1.54) is 25.7 Å². The van der Waals surface area contributed by atoms with Gasteiger partial charge in [-0.3, -0.25) is 4.79 Å². The summed E-state index contributed by atoms with van der Waals surface area (Å²) in [6.45, 7) is 4.63. The zero-order valence-corrected chi connectivity index (χ0v) is 12.7. The van der Waals surface area contributed by atoms with Gasteiger partial charge in [0.25, 0.3) is 0 Å². The van der Waals surface area contributed by atoms with Gasteiger partial charge in [-0.15, -0.1) is 0 Å². The summed E-state index contributed by atoms with van der Waals surface area (Å²) in [5, 5.41) is 0. The number of allylic oxidation sites excluding steroid dienone is 3. The summed E-state index contributed by atoms with van der Waals surface area (Å²) in [4.78, 5) is 11.4. The fourth-order valence-corrected chi connectivity index (χ4v) is 1.79. The molecule has 0 N–H and O–H groups in total. The zero-order valence-electron chi connectivity index (χ0n) is 12.7. The molecular formula is C17H30O2. The Bertz CT molecular complexity index is 254. The minimum atomic E-state index is -0.0601. The Morgan fingerprint density at radius 1 is 0.947 bits per heavy atom. The van der Waals surface area contributed by atoms with Crippen LogP contribution in [0, 0.1) is 0 Å².